The van der Waals surface area contributed by atoms with E-state index < -0.39 is 0 Å². The number of phenols is 2. The Hall–Kier alpha value is -2.49. The summed E-state index contributed by atoms with van der Waals surface area (Å²) in [5.41, 5.74) is 3.34. The van der Waals surface area contributed by atoms with Gasteiger partial charge >= 0.3 is 0 Å². The maximum absolute atomic E-state index is 9.81. The minimum absolute atomic E-state index is 0.0875. The Morgan fingerprint density at radius 3 is 2.72 bits per heavy atom. The van der Waals surface area contributed by atoms with Crippen LogP contribution < -0.4 is 0 Å². The number of para-hydroxylation sites is 1. The summed E-state index contributed by atoms with van der Waals surface area (Å²) in [4.78, 5) is 7.60. The third-order valence-electron chi connectivity index (χ3n) is 2.95. The van der Waals surface area contributed by atoms with Crippen LogP contribution in [-0.2, 0) is 0 Å². The second-order valence-corrected chi connectivity index (χ2v) is 4.26. The largest absolute Gasteiger partial charge is 0.508 e. The van der Waals surface area contributed by atoms with E-state index >= 15 is 0 Å². The van der Waals surface area contributed by atoms with Crippen molar-refractivity contribution in [2.45, 2.75) is 6.92 Å². The third-order valence-corrected chi connectivity index (χ3v) is 2.95. The molecule has 0 saturated carbocycles. The zero-order valence-corrected chi connectivity index (χ0v) is 9.81. The molecule has 0 atom stereocenters. The van der Waals surface area contributed by atoms with Gasteiger partial charge in [-0.05, 0) is 36.8 Å². The van der Waals surface area contributed by atoms with Crippen LogP contribution in [0.5, 0.6) is 11.5 Å². The molecule has 18 heavy (non-hydrogen) atoms. The van der Waals surface area contributed by atoms with E-state index in [4.69, 9.17) is 0 Å². The highest BCUT2D eigenvalue weighted by Crippen LogP contribution is 2.31. The van der Waals surface area contributed by atoms with Crippen molar-refractivity contribution in [2.24, 2.45) is 0 Å². The van der Waals surface area contributed by atoms with E-state index in [1.165, 1.54) is 18.2 Å². The van der Waals surface area contributed by atoms with Gasteiger partial charge < -0.3 is 15.2 Å². The zero-order valence-electron chi connectivity index (χ0n) is 9.81. The van der Waals surface area contributed by atoms with E-state index in [2.05, 4.69) is 9.97 Å². The van der Waals surface area contributed by atoms with Gasteiger partial charge in [0.25, 0.3) is 0 Å². The van der Waals surface area contributed by atoms with E-state index in [1.54, 1.807) is 0 Å². The van der Waals surface area contributed by atoms with Crippen molar-refractivity contribution < 1.29 is 10.2 Å². The van der Waals surface area contributed by atoms with E-state index in [0.29, 0.717) is 11.4 Å². The monoisotopic (exact) mass is 240 g/mol. The topological polar surface area (TPSA) is 69.1 Å². The molecule has 0 unspecified atom stereocenters. The maximum atomic E-state index is 9.81. The fourth-order valence-electron chi connectivity index (χ4n) is 2.02. The van der Waals surface area contributed by atoms with Gasteiger partial charge in [0.15, 0.2) is 0 Å². The number of H-pyrrole nitrogens is 1. The number of aryl methyl sites for hydroxylation is 1. The van der Waals surface area contributed by atoms with Crippen LogP contribution in [-0.4, -0.2) is 20.2 Å². The number of rotatable bonds is 1. The van der Waals surface area contributed by atoms with Gasteiger partial charge in [0.1, 0.15) is 17.3 Å². The molecule has 3 N–H and O–H groups in total. The molecule has 1 heterocycles. The molecule has 1 aromatic heterocycles. The predicted octanol–water partition coefficient (Wildman–Crippen LogP) is 2.95. The van der Waals surface area contributed by atoms with Crippen LogP contribution in [0.15, 0.2) is 36.4 Å². The van der Waals surface area contributed by atoms with Crippen LogP contribution in [0.3, 0.4) is 0 Å². The molecule has 0 amide bonds. The molecule has 2 aromatic carbocycles. The number of nitrogens with one attached hydrogen (secondary N) is 1. The lowest BCUT2D eigenvalue weighted by atomic mass is 10.2. The van der Waals surface area contributed by atoms with Crippen molar-refractivity contribution in [3.63, 3.8) is 0 Å². The Balaban J connectivity index is 2.26. The van der Waals surface area contributed by atoms with E-state index in [9.17, 15) is 10.2 Å². The summed E-state index contributed by atoms with van der Waals surface area (Å²) < 4.78 is 0. The van der Waals surface area contributed by atoms with E-state index in [1.807, 2.05) is 25.1 Å². The molecule has 90 valence electrons. The van der Waals surface area contributed by atoms with E-state index in [0.717, 1.165) is 16.6 Å². The number of aromatic amines is 1. The second-order valence-electron chi connectivity index (χ2n) is 4.26. The van der Waals surface area contributed by atoms with Crippen LogP contribution in [0.4, 0.5) is 0 Å². The molecule has 0 aliphatic rings. The Labute approximate surface area is 104 Å². The van der Waals surface area contributed by atoms with Crippen molar-refractivity contribution in [1.82, 2.24) is 9.97 Å². The molecule has 4 nitrogen and oxygen atoms in total. The van der Waals surface area contributed by atoms with E-state index in [-0.39, 0.29) is 11.5 Å². The van der Waals surface area contributed by atoms with Gasteiger partial charge in [-0.2, -0.15) is 0 Å². The zero-order chi connectivity index (χ0) is 12.7. The number of aromatic nitrogens is 2. The Bertz CT molecular complexity index is 732. The van der Waals surface area contributed by atoms with Crippen molar-refractivity contribution in [3.05, 3.63) is 42.0 Å². The van der Waals surface area contributed by atoms with Crippen LogP contribution >= 0.6 is 0 Å². The lowest BCUT2D eigenvalue weighted by Crippen LogP contribution is -1.81. The number of phenolic OH excluding ortho intramolecular Hbond substituents is 2. The molecule has 0 radical (unpaired) electrons. The molecule has 0 bridgehead atoms. The summed E-state index contributed by atoms with van der Waals surface area (Å²) in [6.45, 7) is 1.98. The van der Waals surface area contributed by atoms with Crippen molar-refractivity contribution in [2.75, 3.05) is 0 Å². The maximum Gasteiger partial charge on any atom is 0.142 e. The lowest BCUT2D eigenvalue weighted by molar-refractivity contribution is 0.461. The summed E-state index contributed by atoms with van der Waals surface area (Å²) in [7, 11) is 0. The molecule has 3 rings (SSSR count). The van der Waals surface area contributed by atoms with Crippen LogP contribution in [0, 0.1) is 6.92 Å². The molecule has 0 fully saturated rings. The average molecular weight is 240 g/mol. The molecular formula is C14H12N2O2. The molecule has 0 saturated heterocycles. The van der Waals surface area contributed by atoms with Crippen LogP contribution in [0.25, 0.3) is 22.4 Å². The minimum atomic E-state index is 0.0875. The summed E-state index contributed by atoms with van der Waals surface area (Å²) in [6, 6.07) is 10.2. The third kappa shape index (κ3) is 1.59. The highest BCUT2D eigenvalue weighted by molar-refractivity contribution is 5.83. The van der Waals surface area contributed by atoms with Gasteiger partial charge in [0.05, 0.1) is 16.6 Å². The lowest BCUT2D eigenvalue weighted by Gasteiger charge is -2.01. The van der Waals surface area contributed by atoms with Crippen LogP contribution in [0.1, 0.15) is 5.56 Å². The van der Waals surface area contributed by atoms with Gasteiger partial charge in [-0.15, -0.1) is 0 Å². The van der Waals surface area contributed by atoms with Crippen molar-refractivity contribution >= 4 is 11.0 Å². The first-order chi connectivity index (χ1) is 8.65. The highest BCUT2D eigenvalue weighted by Gasteiger charge is 2.11. The second kappa shape index (κ2) is 3.77. The fraction of sp³-hybridized carbons (Fsp3) is 0.0714. The van der Waals surface area contributed by atoms with Crippen molar-refractivity contribution in [1.29, 1.82) is 0 Å². The first-order valence-electron chi connectivity index (χ1n) is 5.63. The molecule has 0 aliphatic heterocycles. The first kappa shape index (κ1) is 10.7. The number of nitrogens with zero attached hydrogens (tertiary/aromatic N) is 1. The minimum Gasteiger partial charge on any atom is -0.508 e. The molecule has 3 aromatic rings. The number of hydrogen-bond acceptors (Lipinski definition) is 3. The molecule has 0 spiro atoms. The quantitative estimate of drug-likeness (QED) is 0.573. The Kier molecular flexibility index (Phi) is 2.23. The first-order valence-corrected chi connectivity index (χ1v) is 5.63. The normalized spacial score (nSPS) is 10.9. The highest BCUT2D eigenvalue weighted by atomic mass is 16.3. The van der Waals surface area contributed by atoms with Crippen molar-refractivity contribution in [3.8, 4) is 22.9 Å². The Morgan fingerprint density at radius 2 is 1.94 bits per heavy atom. The Morgan fingerprint density at radius 1 is 1.11 bits per heavy atom. The smallest absolute Gasteiger partial charge is 0.142 e. The van der Waals surface area contributed by atoms with Gasteiger partial charge in [-0.3, -0.25) is 0 Å². The van der Waals surface area contributed by atoms with Crippen LogP contribution in [0.2, 0.25) is 0 Å². The summed E-state index contributed by atoms with van der Waals surface area (Å²) in [5.74, 6) is 0.734. The molecule has 4 heteroatoms. The average Bonchev–Trinajstić information content (AvgIpc) is 2.77. The van der Waals surface area contributed by atoms with Gasteiger partial charge in [0, 0.05) is 0 Å². The summed E-state index contributed by atoms with van der Waals surface area (Å²) in [6.07, 6.45) is 0. The SMILES string of the molecule is Cc1cccc2[nH]c(-c3cc(O)ccc3O)nc12. The number of benzene rings is 2. The van der Waals surface area contributed by atoms with Gasteiger partial charge in [-0.25, -0.2) is 4.98 Å². The summed E-state index contributed by atoms with van der Waals surface area (Å²) in [5, 5.41) is 19.3. The fourth-order valence-corrected chi connectivity index (χ4v) is 2.02. The molecule has 0 aliphatic carbocycles. The van der Waals surface area contributed by atoms with Gasteiger partial charge in [-0.1, -0.05) is 12.1 Å². The summed E-state index contributed by atoms with van der Waals surface area (Å²) >= 11 is 0. The molecular weight excluding hydrogens is 228 g/mol. The van der Waals surface area contributed by atoms with Gasteiger partial charge in [0.2, 0.25) is 0 Å². The number of imidazole rings is 1. The predicted molar refractivity (Wildman–Crippen MR) is 69.6 cm³/mol. The number of fused-ring (bicyclic) bond motifs is 1. The standard InChI is InChI=1S/C14H12N2O2/c1-8-3-2-4-11-13(8)16-14(15-11)10-7-9(17)5-6-12(10)18/h2-7,17-18H,1H3,(H,15,16). The number of aromatic hydroxyl groups is 2. The number of hydrogen-bond donors (Lipinski definition) is 3.